The van der Waals surface area contributed by atoms with Crippen LogP contribution < -0.4 is 15.2 Å². The standard InChI is InChI=1S/C14H21N3O4/c1-4-17(9-13(15)16-19)14(18)8-10-5-6-11(20-2)12(7-10)21-3/h5-7,19H,4,8-9H2,1-3H3,(H2,15,16). The van der Waals surface area contributed by atoms with Crippen molar-refractivity contribution in [2.45, 2.75) is 13.3 Å². The number of hydrogen-bond acceptors (Lipinski definition) is 5. The molecule has 0 spiro atoms. The molecule has 1 amide bonds. The van der Waals surface area contributed by atoms with Gasteiger partial charge in [0.05, 0.1) is 27.2 Å². The molecule has 0 atom stereocenters. The largest absolute Gasteiger partial charge is 0.493 e. The van der Waals surface area contributed by atoms with Crippen molar-refractivity contribution in [1.29, 1.82) is 0 Å². The molecule has 0 aliphatic heterocycles. The summed E-state index contributed by atoms with van der Waals surface area (Å²) in [6.45, 7) is 2.40. The number of amides is 1. The molecule has 1 rings (SSSR count). The van der Waals surface area contributed by atoms with Crippen LogP contribution in [0.5, 0.6) is 11.5 Å². The average molecular weight is 295 g/mol. The molecule has 0 saturated carbocycles. The third kappa shape index (κ3) is 4.55. The van der Waals surface area contributed by atoms with Crippen LogP contribution in [0.4, 0.5) is 0 Å². The van der Waals surface area contributed by atoms with Gasteiger partial charge in [-0.3, -0.25) is 4.79 Å². The van der Waals surface area contributed by atoms with Gasteiger partial charge in [0.15, 0.2) is 17.3 Å². The number of amidine groups is 1. The fourth-order valence-electron chi connectivity index (χ4n) is 1.88. The van der Waals surface area contributed by atoms with Crippen LogP contribution >= 0.6 is 0 Å². The normalized spacial score (nSPS) is 11.1. The third-order valence-corrected chi connectivity index (χ3v) is 3.02. The van der Waals surface area contributed by atoms with E-state index in [9.17, 15) is 4.79 Å². The van der Waals surface area contributed by atoms with Crippen molar-refractivity contribution in [3.05, 3.63) is 23.8 Å². The molecule has 21 heavy (non-hydrogen) atoms. The van der Waals surface area contributed by atoms with Gasteiger partial charge in [-0.15, -0.1) is 0 Å². The van der Waals surface area contributed by atoms with Crippen molar-refractivity contribution in [1.82, 2.24) is 4.90 Å². The first-order valence-corrected chi connectivity index (χ1v) is 6.50. The van der Waals surface area contributed by atoms with Crippen LogP contribution in [0.25, 0.3) is 0 Å². The van der Waals surface area contributed by atoms with E-state index in [0.29, 0.717) is 18.0 Å². The summed E-state index contributed by atoms with van der Waals surface area (Å²) in [6.07, 6.45) is 0.201. The second-order valence-corrected chi connectivity index (χ2v) is 4.37. The molecule has 0 saturated heterocycles. The lowest BCUT2D eigenvalue weighted by Gasteiger charge is -2.20. The molecule has 7 heteroatoms. The molecule has 0 aromatic heterocycles. The van der Waals surface area contributed by atoms with Crippen LogP contribution in [0, 0.1) is 0 Å². The van der Waals surface area contributed by atoms with Gasteiger partial charge < -0.3 is 25.3 Å². The number of carbonyl (C=O) groups is 1. The van der Waals surface area contributed by atoms with E-state index in [2.05, 4.69) is 5.16 Å². The maximum Gasteiger partial charge on any atom is 0.227 e. The number of oxime groups is 1. The number of nitrogens with zero attached hydrogens (tertiary/aromatic N) is 2. The number of rotatable bonds is 7. The maximum absolute atomic E-state index is 12.2. The molecule has 116 valence electrons. The van der Waals surface area contributed by atoms with Crippen LogP contribution in [0.2, 0.25) is 0 Å². The minimum absolute atomic E-state index is 0.00230. The number of nitrogens with two attached hydrogens (primary N) is 1. The molecule has 0 unspecified atom stereocenters. The van der Waals surface area contributed by atoms with Gasteiger partial charge in [-0.05, 0) is 24.6 Å². The number of carbonyl (C=O) groups excluding carboxylic acids is 1. The first-order valence-electron chi connectivity index (χ1n) is 6.50. The lowest BCUT2D eigenvalue weighted by Crippen LogP contribution is -2.39. The Morgan fingerprint density at radius 2 is 2.00 bits per heavy atom. The third-order valence-electron chi connectivity index (χ3n) is 3.02. The van der Waals surface area contributed by atoms with E-state index in [0.717, 1.165) is 5.56 Å². The van der Waals surface area contributed by atoms with Crippen molar-refractivity contribution in [2.24, 2.45) is 10.9 Å². The van der Waals surface area contributed by atoms with Gasteiger partial charge in [0.25, 0.3) is 0 Å². The first-order chi connectivity index (χ1) is 10.0. The molecule has 0 aliphatic carbocycles. The molecule has 7 nitrogen and oxygen atoms in total. The van der Waals surface area contributed by atoms with Crippen LogP contribution in [0.1, 0.15) is 12.5 Å². The Labute approximate surface area is 123 Å². The zero-order chi connectivity index (χ0) is 15.8. The summed E-state index contributed by atoms with van der Waals surface area (Å²) < 4.78 is 10.4. The summed E-state index contributed by atoms with van der Waals surface area (Å²) in [4.78, 5) is 13.7. The van der Waals surface area contributed by atoms with Crippen molar-refractivity contribution >= 4 is 11.7 Å². The van der Waals surface area contributed by atoms with Gasteiger partial charge in [0.1, 0.15) is 0 Å². The summed E-state index contributed by atoms with van der Waals surface area (Å²) in [7, 11) is 3.10. The monoisotopic (exact) mass is 295 g/mol. The first kappa shape index (κ1) is 16.6. The lowest BCUT2D eigenvalue weighted by atomic mass is 10.1. The average Bonchev–Trinajstić information content (AvgIpc) is 2.51. The Morgan fingerprint density at radius 3 is 2.52 bits per heavy atom. The highest BCUT2D eigenvalue weighted by molar-refractivity contribution is 5.87. The number of likely N-dealkylation sites (N-methyl/N-ethyl adjacent to an activating group) is 1. The van der Waals surface area contributed by atoms with E-state index in [1.807, 2.05) is 6.92 Å². The minimum atomic E-state index is -0.115. The summed E-state index contributed by atoms with van der Waals surface area (Å²) in [5.74, 6) is 1.06. The zero-order valence-corrected chi connectivity index (χ0v) is 12.5. The highest BCUT2D eigenvalue weighted by atomic mass is 16.5. The zero-order valence-electron chi connectivity index (χ0n) is 12.5. The second-order valence-electron chi connectivity index (χ2n) is 4.37. The second kappa shape index (κ2) is 7.98. The van der Waals surface area contributed by atoms with E-state index in [1.54, 1.807) is 32.4 Å². The van der Waals surface area contributed by atoms with Gasteiger partial charge in [0, 0.05) is 6.54 Å². The summed E-state index contributed by atoms with van der Waals surface area (Å²) >= 11 is 0. The van der Waals surface area contributed by atoms with Crippen molar-refractivity contribution in [2.75, 3.05) is 27.3 Å². The molecular weight excluding hydrogens is 274 g/mol. The molecule has 0 aliphatic rings. The molecule has 1 aromatic carbocycles. The van der Waals surface area contributed by atoms with Gasteiger partial charge in [-0.2, -0.15) is 0 Å². The SMILES string of the molecule is CCN(CC(N)=NO)C(=O)Cc1ccc(OC)c(OC)c1. The Kier molecular flexibility index (Phi) is 6.32. The van der Waals surface area contributed by atoms with E-state index >= 15 is 0 Å². The van der Waals surface area contributed by atoms with Crippen LogP contribution in [0.15, 0.2) is 23.4 Å². The topological polar surface area (TPSA) is 97.4 Å². The van der Waals surface area contributed by atoms with Crippen LogP contribution in [-0.4, -0.2) is 49.2 Å². The van der Waals surface area contributed by atoms with E-state index < -0.39 is 0 Å². The van der Waals surface area contributed by atoms with E-state index in [1.165, 1.54) is 4.90 Å². The van der Waals surface area contributed by atoms with Gasteiger partial charge >= 0.3 is 0 Å². The number of ether oxygens (including phenoxy) is 2. The Morgan fingerprint density at radius 1 is 1.33 bits per heavy atom. The van der Waals surface area contributed by atoms with E-state index in [-0.39, 0.29) is 24.7 Å². The predicted octanol–water partition coefficient (Wildman–Crippen LogP) is 0.841. The molecule has 0 radical (unpaired) electrons. The molecule has 1 aromatic rings. The number of hydrogen-bond donors (Lipinski definition) is 2. The Hall–Kier alpha value is -2.44. The smallest absolute Gasteiger partial charge is 0.227 e. The number of benzene rings is 1. The molecular formula is C14H21N3O4. The van der Waals surface area contributed by atoms with Gasteiger partial charge in [0.2, 0.25) is 5.91 Å². The van der Waals surface area contributed by atoms with Crippen LogP contribution in [0.3, 0.4) is 0 Å². The van der Waals surface area contributed by atoms with Crippen LogP contribution in [-0.2, 0) is 11.2 Å². The predicted molar refractivity (Wildman–Crippen MR) is 78.9 cm³/mol. The van der Waals surface area contributed by atoms with E-state index in [4.69, 9.17) is 20.4 Å². The highest BCUT2D eigenvalue weighted by Gasteiger charge is 2.15. The minimum Gasteiger partial charge on any atom is -0.493 e. The van der Waals surface area contributed by atoms with Crippen molar-refractivity contribution in [3.63, 3.8) is 0 Å². The number of methoxy groups -OCH3 is 2. The lowest BCUT2D eigenvalue weighted by molar-refractivity contribution is -0.129. The summed E-state index contributed by atoms with van der Waals surface area (Å²) in [6, 6.07) is 5.31. The molecule has 0 fully saturated rings. The van der Waals surface area contributed by atoms with Crippen molar-refractivity contribution < 1.29 is 19.5 Å². The highest BCUT2D eigenvalue weighted by Crippen LogP contribution is 2.27. The van der Waals surface area contributed by atoms with Crippen molar-refractivity contribution in [3.8, 4) is 11.5 Å². The fraction of sp³-hybridized carbons (Fsp3) is 0.429. The Bertz CT molecular complexity index is 517. The van der Waals surface area contributed by atoms with Gasteiger partial charge in [-0.25, -0.2) is 0 Å². The Balaban J connectivity index is 2.81. The quantitative estimate of drug-likeness (QED) is 0.336. The van der Waals surface area contributed by atoms with Gasteiger partial charge in [-0.1, -0.05) is 11.2 Å². The fourth-order valence-corrected chi connectivity index (χ4v) is 1.88. The molecule has 0 bridgehead atoms. The maximum atomic E-state index is 12.2. The summed E-state index contributed by atoms with van der Waals surface area (Å²) in [5.41, 5.74) is 6.24. The molecule has 0 heterocycles. The molecule has 3 N–H and O–H groups in total. The summed E-state index contributed by atoms with van der Waals surface area (Å²) in [5, 5.41) is 11.5.